The Morgan fingerprint density at radius 2 is 1.75 bits per heavy atom. The van der Waals surface area contributed by atoms with Crippen molar-refractivity contribution in [2.45, 2.75) is 19.3 Å². The van der Waals surface area contributed by atoms with E-state index in [1.807, 2.05) is 0 Å². The normalized spacial score (nSPS) is 20.0. The average molecular weight is 190 g/mol. The molecule has 1 fully saturated rings. The largest absolute Gasteiger partial charge is 0.332 e. The Morgan fingerprint density at radius 1 is 1.17 bits per heavy atom. The van der Waals surface area contributed by atoms with Crippen molar-refractivity contribution in [2.24, 2.45) is 4.40 Å². The second kappa shape index (κ2) is 3.80. The smallest absolute Gasteiger partial charge is 0.210 e. The van der Waals surface area contributed by atoms with Gasteiger partial charge in [0.15, 0.2) is 0 Å². The van der Waals surface area contributed by atoms with Crippen molar-refractivity contribution in [3.8, 4) is 0 Å². The Kier molecular flexibility index (Phi) is 2.97. The molecule has 68 valence electrons. The number of carbonyl (C=O) groups excluding carboxylic acids is 1. The molecule has 0 aromatic heterocycles. The maximum Gasteiger partial charge on any atom is 0.332 e. The third-order valence-electron chi connectivity index (χ3n) is 1.79. The van der Waals surface area contributed by atoms with Crippen molar-refractivity contribution in [3.05, 3.63) is 0 Å². The number of nitrogens with zero attached hydrogens (tertiary/aromatic N) is 2. The zero-order valence-corrected chi connectivity index (χ0v) is 7.38. The van der Waals surface area contributed by atoms with Crippen LogP contribution >= 0.6 is 0 Å². The Balaban J connectivity index is 2.73. The van der Waals surface area contributed by atoms with E-state index in [-0.39, 0.29) is 0 Å². The predicted octanol–water partition coefficient (Wildman–Crippen LogP) is 0.0529. The SMILES string of the molecule is O=C=NS(=O)(=O)N1CCCCC1. The number of isocyanates is 1. The van der Waals surface area contributed by atoms with Crippen LogP contribution in [-0.2, 0) is 15.0 Å². The molecular weight excluding hydrogens is 180 g/mol. The van der Waals surface area contributed by atoms with Gasteiger partial charge in [0.1, 0.15) is 0 Å². The first-order valence-electron chi connectivity index (χ1n) is 3.76. The molecule has 0 atom stereocenters. The van der Waals surface area contributed by atoms with Gasteiger partial charge in [0.2, 0.25) is 0 Å². The molecule has 0 spiro atoms. The van der Waals surface area contributed by atoms with Gasteiger partial charge in [-0.2, -0.15) is 12.7 Å². The van der Waals surface area contributed by atoms with Crippen LogP contribution in [0, 0.1) is 0 Å². The molecule has 0 radical (unpaired) electrons. The molecule has 0 aliphatic carbocycles. The van der Waals surface area contributed by atoms with E-state index < -0.39 is 10.2 Å². The molecule has 1 heterocycles. The molecule has 0 aromatic rings. The third-order valence-corrected chi connectivity index (χ3v) is 3.12. The minimum absolute atomic E-state index is 0.466. The van der Waals surface area contributed by atoms with E-state index in [1.54, 1.807) is 0 Å². The summed E-state index contributed by atoms with van der Waals surface area (Å²) in [5, 5.41) is 0. The molecular formula is C6H10N2O3S. The van der Waals surface area contributed by atoms with Crippen LogP contribution in [0.15, 0.2) is 4.40 Å². The summed E-state index contributed by atoms with van der Waals surface area (Å²) in [7, 11) is -3.70. The van der Waals surface area contributed by atoms with Crippen molar-refractivity contribution in [1.29, 1.82) is 0 Å². The van der Waals surface area contributed by atoms with Crippen molar-refractivity contribution in [3.63, 3.8) is 0 Å². The molecule has 0 aromatic carbocycles. The van der Waals surface area contributed by atoms with E-state index in [0.29, 0.717) is 13.1 Å². The van der Waals surface area contributed by atoms with Gasteiger partial charge < -0.3 is 0 Å². The number of piperidine rings is 1. The fourth-order valence-electron chi connectivity index (χ4n) is 1.20. The van der Waals surface area contributed by atoms with E-state index in [0.717, 1.165) is 25.3 Å². The first-order valence-corrected chi connectivity index (χ1v) is 5.16. The summed E-state index contributed by atoms with van der Waals surface area (Å²) >= 11 is 0. The topological polar surface area (TPSA) is 66.8 Å². The highest BCUT2D eigenvalue weighted by Crippen LogP contribution is 2.13. The second-order valence-corrected chi connectivity index (χ2v) is 4.21. The molecule has 12 heavy (non-hydrogen) atoms. The molecule has 0 amide bonds. The molecule has 1 aliphatic rings. The van der Waals surface area contributed by atoms with Crippen molar-refractivity contribution in [2.75, 3.05) is 13.1 Å². The first kappa shape index (κ1) is 9.38. The minimum Gasteiger partial charge on any atom is -0.210 e. The fourth-order valence-corrected chi connectivity index (χ4v) is 2.13. The van der Waals surface area contributed by atoms with Gasteiger partial charge in [-0.1, -0.05) is 10.8 Å². The van der Waals surface area contributed by atoms with Gasteiger partial charge in [0, 0.05) is 13.1 Å². The molecule has 0 bridgehead atoms. The van der Waals surface area contributed by atoms with Crippen LogP contribution in [0.25, 0.3) is 0 Å². The molecule has 0 saturated carbocycles. The standard InChI is InChI=1S/C6H10N2O3S/c9-6-7-12(10,11)8-4-2-1-3-5-8/h1-5H2. The molecule has 6 heteroatoms. The number of hydrogen-bond acceptors (Lipinski definition) is 3. The Hall–Kier alpha value is -0.710. The summed E-state index contributed by atoms with van der Waals surface area (Å²) in [5.74, 6) is 0. The second-order valence-electron chi connectivity index (χ2n) is 2.62. The van der Waals surface area contributed by atoms with E-state index in [4.69, 9.17) is 0 Å². The van der Waals surface area contributed by atoms with Crippen LogP contribution in [0.2, 0.25) is 0 Å². The molecule has 0 N–H and O–H groups in total. The summed E-state index contributed by atoms with van der Waals surface area (Å²) in [6, 6.07) is 0. The van der Waals surface area contributed by atoms with Gasteiger partial charge in [0.25, 0.3) is 6.08 Å². The molecule has 0 unspecified atom stereocenters. The summed E-state index contributed by atoms with van der Waals surface area (Å²) in [5.41, 5.74) is 0. The van der Waals surface area contributed by atoms with E-state index in [9.17, 15) is 13.2 Å². The zero-order chi connectivity index (χ0) is 9.03. The lowest BCUT2D eigenvalue weighted by Gasteiger charge is -2.22. The van der Waals surface area contributed by atoms with E-state index in [2.05, 4.69) is 4.40 Å². The summed E-state index contributed by atoms with van der Waals surface area (Å²) in [6.07, 6.45) is 3.77. The van der Waals surface area contributed by atoms with Crippen LogP contribution < -0.4 is 0 Å². The Labute approximate surface area is 71.3 Å². The van der Waals surface area contributed by atoms with Crippen molar-refractivity contribution >= 4 is 16.3 Å². The highest BCUT2D eigenvalue weighted by molar-refractivity contribution is 7.87. The summed E-state index contributed by atoms with van der Waals surface area (Å²) in [4.78, 5) is 9.77. The van der Waals surface area contributed by atoms with Gasteiger partial charge >= 0.3 is 10.2 Å². The quantitative estimate of drug-likeness (QED) is 0.456. The molecule has 1 saturated heterocycles. The van der Waals surface area contributed by atoms with Gasteiger partial charge in [-0.15, -0.1) is 0 Å². The zero-order valence-electron chi connectivity index (χ0n) is 6.56. The maximum absolute atomic E-state index is 11.1. The van der Waals surface area contributed by atoms with E-state index in [1.165, 1.54) is 4.31 Å². The predicted molar refractivity (Wildman–Crippen MR) is 42.5 cm³/mol. The lowest BCUT2D eigenvalue weighted by Crippen LogP contribution is -2.34. The molecule has 5 nitrogen and oxygen atoms in total. The minimum atomic E-state index is -3.70. The van der Waals surface area contributed by atoms with Crippen LogP contribution in [0.4, 0.5) is 0 Å². The van der Waals surface area contributed by atoms with Gasteiger partial charge in [0.05, 0.1) is 0 Å². The molecule has 1 aliphatic heterocycles. The van der Waals surface area contributed by atoms with Crippen LogP contribution in [0.3, 0.4) is 0 Å². The average Bonchev–Trinajstić information content (AvgIpc) is 2.06. The lowest BCUT2D eigenvalue weighted by molar-refractivity contribution is 0.347. The van der Waals surface area contributed by atoms with Crippen LogP contribution in [-0.4, -0.2) is 31.9 Å². The molecule has 1 rings (SSSR count). The van der Waals surface area contributed by atoms with Crippen LogP contribution in [0.1, 0.15) is 19.3 Å². The number of hydrogen-bond donors (Lipinski definition) is 0. The van der Waals surface area contributed by atoms with Gasteiger partial charge in [-0.25, -0.2) is 4.79 Å². The van der Waals surface area contributed by atoms with Crippen molar-refractivity contribution < 1.29 is 13.2 Å². The summed E-state index contributed by atoms with van der Waals surface area (Å²) in [6.45, 7) is 0.932. The fraction of sp³-hybridized carbons (Fsp3) is 0.833. The Bertz CT molecular complexity index is 286. The maximum atomic E-state index is 11.1. The summed E-state index contributed by atoms with van der Waals surface area (Å²) < 4.78 is 26.1. The van der Waals surface area contributed by atoms with Gasteiger partial charge in [-0.3, -0.25) is 0 Å². The lowest BCUT2D eigenvalue weighted by atomic mass is 10.2. The third kappa shape index (κ3) is 2.14. The number of rotatable bonds is 2. The van der Waals surface area contributed by atoms with Gasteiger partial charge in [-0.05, 0) is 12.8 Å². The van der Waals surface area contributed by atoms with E-state index >= 15 is 0 Å². The first-order chi connectivity index (χ1) is 5.67. The monoisotopic (exact) mass is 190 g/mol. The highest BCUT2D eigenvalue weighted by atomic mass is 32.2. The Morgan fingerprint density at radius 3 is 2.25 bits per heavy atom. The van der Waals surface area contributed by atoms with Crippen LogP contribution in [0.5, 0.6) is 0 Å². The highest BCUT2D eigenvalue weighted by Gasteiger charge is 2.22. The van der Waals surface area contributed by atoms with Crippen molar-refractivity contribution in [1.82, 2.24) is 4.31 Å².